The van der Waals surface area contributed by atoms with Gasteiger partial charge in [-0.25, -0.2) is 4.79 Å². The third-order valence-corrected chi connectivity index (χ3v) is 7.34. The zero-order chi connectivity index (χ0) is 29.0. The highest BCUT2D eigenvalue weighted by molar-refractivity contribution is 6.13. The lowest BCUT2D eigenvalue weighted by atomic mass is 9.67. The fourth-order valence-electron chi connectivity index (χ4n) is 5.63. The van der Waals surface area contributed by atoms with Crippen molar-refractivity contribution in [2.24, 2.45) is 5.92 Å². The highest BCUT2D eigenvalue weighted by Crippen LogP contribution is 2.51. The topological polar surface area (TPSA) is 109 Å². The molecule has 1 N–H and O–H groups in total. The fourth-order valence-corrected chi connectivity index (χ4v) is 5.63. The summed E-state index contributed by atoms with van der Waals surface area (Å²) in [6.07, 6.45) is 0.340. The van der Waals surface area contributed by atoms with Crippen molar-refractivity contribution in [2.75, 3.05) is 34.5 Å². The third kappa shape index (κ3) is 5.15. The number of methoxy groups -OCH3 is 3. The molecule has 40 heavy (non-hydrogen) atoms. The lowest BCUT2D eigenvalue weighted by Crippen LogP contribution is -2.43. The van der Waals surface area contributed by atoms with Gasteiger partial charge in [0, 0.05) is 28.4 Å². The molecule has 0 radical (unpaired) electrons. The Kier molecular flexibility index (Phi) is 8.82. The van der Waals surface area contributed by atoms with E-state index in [2.05, 4.69) is 5.32 Å². The normalized spacial score (nSPS) is 20.4. The molecular formula is C31H35NO8. The van der Waals surface area contributed by atoms with Crippen LogP contribution in [0, 0.1) is 5.92 Å². The number of hydrogen-bond acceptors (Lipinski definition) is 9. The average Bonchev–Trinajstić information content (AvgIpc) is 2.95. The SMILES string of the molecule is CCOC(=O)C1=C(C)NC2=C(C(=O)[C@@H](C(=O)OCC)[C@@H](c3ccc(OC)cc3)C2)[C@@H]1c1cccc(OC)c1OC. The smallest absolute Gasteiger partial charge is 0.336 e. The number of benzene rings is 2. The first-order valence-corrected chi connectivity index (χ1v) is 13.2. The molecule has 0 fully saturated rings. The standard InChI is InChI=1S/C31H35NO8/c1-7-39-30(34)24-17(3)32-22-16-21(18-12-14-19(36-4)15-13-18)26(31(35)40-8-2)28(33)27(22)25(24)20-10-9-11-23(37-5)29(20)38-6/h9-15,21,25-26,32H,7-8,16H2,1-6H3/t21-,25-,26+/m1/s1. The molecule has 0 bridgehead atoms. The molecule has 0 unspecified atom stereocenters. The van der Waals surface area contributed by atoms with Crippen LogP contribution in [0.4, 0.5) is 0 Å². The molecule has 1 aliphatic carbocycles. The van der Waals surface area contributed by atoms with E-state index in [4.69, 9.17) is 23.7 Å². The first-order valence-electron chi connectivity index (χ1n) is 13.2. The van der Waals surface area contributed by atoms with Gasteiger partial charge in [0.15, 0.2) is 17.3 Å². The third-order valence-electron chi connectivity index (χ3n) is 7.34. The van der Waals surface area contributed by atoms with E-state index in [-0.39, 0.29) is 18.8 Å². The molecule has 2 aromatic rings. The molecule has 0 aromatic heterocycles. The van der Waals surface area contributed by atoms with Gasteiger partial charge in [-0.05, 0) is 51.0 Å². The first-order chi connectivity index (χ1) is 19.3. The highest BCUT2D eigenvalue weighted by atomic mass is 16.5. The van der Waals surface area contributed by atoms with Crippen molar-refractivity contribution in [3.63, 3.8) is 0 Å². The number of esters is 2. The van der Waals surface area contributed by atoms with Crippen molar-refractivity contribution in [1.82, 2.24) is 5.32 Å². The monoisotopic (exact) mass is 549 g/mol. The number of dihydropyridines is 1. The van der Waals surface area contributed by atoms with Gasteiger partial charge in [0.1, 0.15) is 11.7 Å². The summed E-state index contributed by atoms with van der Waals surface area (Å²) in [6.45, 7) is 5.48. The lowest BCUT2D eigenvalue weighted by Gasteiger charge is -2.39. The Bertz CT molecular complexity index is 1360. The second-order valence-corrected chi connectivity index (χ2v) is 9.47. The van der Waals surface area contributed by atoms with Crippen molar-refractivity contribution < 1.29 is 38.1 Å². The van der Waals surface area contributed by atoms with E-state index >= 15 is 0 Å². The van der Waals surface area contributed by atoms with Crippen LogP contribution in [0.25, 0.3) is 0 Å². The van der Waals surface area contributed by atoms with Crippen LogP contribution in [-0.2, 0) is 23.9 Å². The number of hydrogen-bond donors (Lipinski definition) is 1. The minimum atomic E-state index is -1.12. The molecule has 9 heteroatoms. The number of carbonyl (C=O) groups is 3. The zero-order valence-electron chi connectivity index (χ0n) is 23.7. The number of rotatable bonds is 9. The maximum atomic E-state index is 14.5. The van der Waals surface area contributed by atoms with Crippen molar-refractivity contribution >= 4 is 17.7 Å². The molecular weight excluding hydrogens is 514 g/mol. The Labute approximate surface area is 234 Å². The van der Waals surface area contributed by atoms with Crippen molar-refractivity contribution in [2.45, 2.75) is 39.0 Å². The molecule has 2 aliphatic rings. The minimum absolute atomic E-state index is 0.127. The second-order valence-electron chi connectivity index (χ2n) is 9.47. The number of nitrogens with one attached hydrogen (secondary N) is 1. The highest BCUT2D eigenvalue weighted by Gasteiger charge is 2.49. The second kappa shape index (κ2) is 12.3. The van der Waals surface area contributed by atoms with Crippen LogP contribution in [0.15, 0.2) is 65.0 Å². The van der Waals surface area contributed by atoms with E-state index < -0.39 is 35.5 Å². The summed E-state index contributed by atoms with van der Waals surface area (Å²) in [5.74, 6) is -2.56. The maximum absolute atomic E-state index is 14.5. The predicted molar refractivity (Wildman–Crippen MR) is 147 cm³/mol. The number of carbonyl (C=O) groups excluding carboxylic acids is 3. The van der Waals surface area contributed by atoms with Gasteiger partial charge >= 0.3 is 11.9 Å². The van der Waals surface area contributed by atoms with E-state index in [1.54, 1.807) is 58.2 Å². The van der Waals surface area contributed by atoms with Crippen LogP contribution in [0.5, 0.6) is 17.2 Å². The van der Waals surface area contributed by atoms with Crippen LogP contribution in [0.1, 0.15) is 50.2 Å². The van der Waals surface area contributed by atoms with Crippen molar-refractivity contribution in [1.29, 1.82) is 0 Å². The lowest BCUT2D eigenvalue weighted by molar-refractivity contribution is -0.152. The number of allylic oxidation sites excluding steroid dienone is 3. The van der Waals surface area contributed by atoms with Crippen LogP contribution in [0.3, 0.4) is 0 Å². The Morgan fingerprint density at radius 1 is 0.925 bits per heavy atom. The van der Waals surface area contributed by atoms with Crippen LogP contribution < -0.4 is 19.5 Å². The summed E-state index contributed by atoms with van der Waals surface area (Å²) in [4.78, 5) is 41.2. The number of Topliss-reactive ketones (excluding diaryl/α,β-unsaturated/α-hetero) is 1. The predicted octanol–water partition coefficient (Wildman–Crippen LogP) is 4.43. The molecule has 3 atom stereocenters. The molecule has 0 amide bonds. The molecule has 0 saturated heterocycles. The summed E-state index contributed by atoms with van der Waals surface area (Å²) in [5.41, 5.74) is 3.12. The summed E-state index contributed by atoms with van der Waals surface area (Å²) < 4.78 is 27.4. The summed E-state index contributed by atoms with van der Waals surface area (Å²) in [5, 5.41) is 3.31. The van der Waals surface area contributed by atoms with Gasteiger partial charge in [-0.1, -0.05) is 24.3 Å². The molecule has 0 saturated carbocycles. The van der Waals surface area contributed by atoms with Gasteiger partial charge in [-0.15, -0.1) is 0 Å². The molecule has 4 rings (SSSR count). The van der Waals surface area contributed by atoms with Crippen molar-refractivity contribution in [3.05, 3.63) is 76.1 Å². The van der Waals surface area contributed by atoms with Crippen LogP contribution >= 0.6 is 0 Å². The quantitative estimate of drug-likeness (QED) is 0.359. The van der Waals surface area contributed by atoms with E-state index in [9.17, 15) is 14.4 Å². The van der Waals surface area contributed by atoms with E-state index in [1.165, 1.54) is 14.2 Å². The molecule has 9 nitrogen and oxygen atoms in total. The molecule has 1 aliphatic heterocycles. The van der Waals surface area contributed by atoms with Gasteiger partial charge in [-0.3, -0.25) is 9.59 Å². The van der Waals surface area contributed by atoms with Crippen molar-refractivity contribution in [3.8, 4) is 17.2 Å². The first kappa shape index (κ1) is 28.7. The molecule has 0 spiro atoms. The van der Waals surface area contributed by atoms with E-state index in [0.717, 1.165) is 5.56 Å². The molecule has 2 aromatic carbocycles. The van der Waals surface area contributed by atoms with Gasteiger partial charge in [0.2, 0.25) is 0 Å². The summed E-state index contributed by atoms with van der Waals surface area (Å²) in [6, 6.07) is 12.6. The number of ketones is 1. The number of ether oxygens (including phenoxy) is 5. The zero-order valence-corrected chi connectivity index (χ0v) is 23.7. The number of para-hydroxylation sites is 1. The average molecular weight is 550 g/mol. The largest absolute Gasteiger partial charge is 0.497 e. The van der Waals surface area contributed by atoms with Gasteiger partial charge < -0.3 is 29.0 Å². The summed E-state index contributed by atoms with van der Waals surface area (Å²) in [7, 11) is 4.60. The Morgan fingerprint density at radius 3 is 2.23 bits per heavy atom. The molecule has 212 valence electrons. The van der Waals surface area contributed by atoms with E-state index in [1.807, 2.05) is 12.1 Å². The van der Waals surface area contributed by atoms with Crippen LogP contribution in [-0.4, -0.2) is 52.3 Å². The minimum Gasteiger partial charge on any atom is -0.497 e. The fraction of sp³-hybridized carbons (Fsp3) is 0.387. The van der Waals surface area contributed by atoms with Gasteiger partial charge in [0.05, 0.1) is 46.0 Å². The van der Waals surface area contributed by atoms with Crippen LogP contribution in [0.2, 0.25) is 0 Å². The maximum Gasteiger partial charge on any atom is 0.336 e. The summed E-state index contributed by atoms with van der Waals surface area (Å²) >= 11 is 0. The Balaban J connectivity index is 1.95. The van der Waals surface area contributed by atoms with Gasteiger partial charge in [-0.2, -0.15) is 0 Å². The van der Waals surface area contributed by atoms with E-state index in [0.29, 0.717) is 46.2 Å². The Hall–Kier alpha value is -4.27. The molecule has 1 heterocycles. The van der Waals surface area contributed by atoms with Gasteiger partial charge in [0.25, 0.3) is 0 Å². The Morgan fingerprint density at radius 2 is 1.62 bits per heavy atom.